The van der Waals surface area contributed by atoms with Crippen molar-refractivity contribution in [3.63, 3.8) is 0 Å². The predicted molar refractivity (Wildman–Crippen MR) is 55.8 cm³/mol. The van der Waals surface area contributed by atoms with Gasteiger partial charge in [-0.2, -0.15) is 0 Å². The highest BCUT2D eigenvalue weighted by Crippen LogP contribution is 2.19. The largest absolute Gasteiger partial charge is 0.316 e. The van der Waals surface area contributed by atoms with Crippen LogP contribution in [-0.4, -0.2) is 37.6 Å². The Kier molecular flexibility index (Phi) is 3.23. The Morgan fingerprint density at radius 3 is 2.54 bits per heavy atom. The van der Waals surface area contributed by atoms with Gasteiger partial charge in [-0.1, -0.05) is 13.3 Å². The molecule has 2 rings (SSSR count). The molecule has 0 aromatic carbocycles. The van der Waals surface area contributed by atoms with Crippen molar-refractivity contribution in [3.8, 4) is 0 Å². The second-order valence-corrected chi connectivity index (χ2v) is 4.76. The van der Waals surface area contributed by atoms with Gasteiger partial charge in [0.2, 0.25) is 0 Å². The van der Waals surface area contributed by atoms with Crippen LogP contribution < -0.4 is 5.32 Å². The maximum Gasteiger partial charge on any atom is 0.00248 e. The summed E-state index contributed by atoms with van der Waals surface area (Å²) < 4.78 is 0. The summed E-state index contributed by atoms with van der Waals surface area (Å²) in [7, 11) is 0. The molecule has 0 radical (unpaired) electrons. The lowest BCUT2D eigenvalue weighted by Gasteiger charge is -2.30. The minimum atomic E-state index is 0.891. The zero-order valence-corrected chi connectivity index (χ0v) is 8.76. The molecule has 2 heteroatoms. The number of hydrogen-bond acceptors (Lipinski definition) is 2. The molecular formula is C11H22N2. The molecule has 0 aromatic heterocycles. The van der Waals surface area contributed by atoms with Crippen LogP contribution in [0.5, 0.6) is 0 Å². The fraction of sp³-hybridized carbons (Fsp3) is 1.00. The van der Waals surface area contributed by atoms with Crippen LogP contribution in [-0.2, 0) is 0 Å². The molecule has 2 aliphatic rings. The van der Waals surface area contributed by atoms with Crippen LogP contribution in [0.15, 0.2) is 0 Å². The van der Waals surface area contributed by atoms with E-state index in [1.165, 1.54) is 52.0 Å². The van der Waals surface area contributed by atoms with Gasteiger partial charge in [-0.25, -0.2) is 0 Å². The highest BCUT2D eigenvalue weighted by Gasteiger charge is 2.25. The number of likely N-dealkylation sites (tertiary alicyclic amines) is 1. The average molecular weight is 182 g/mol. The van der Waals surface area contributed by atoms with E-state index in [0.717, 1.165) is 11.8 Å². The predicted octanol–water partition coefficient (Wildman–Crippen LogP) is 1.33. The van der Waals surface area contributed by atoms with Gasteiger partial charge in [-0.05, 0) is 50.9 Å². The molecule has 2 nitrogen and oxygen atoms in total. The van der Waals surface area contributed by atoms with Crippen LogP contribution in [0.3, 0.4) is 0 Å². The van der Waals surface area contributed by atoms with Crippen molar-refractivity contribution in [2.24, 2.45) is 11.8 Å². The molecule has 0 spiro atoms. The summed E-state index contributed by atoms with van der Waals surface area (Å²) in [6, 6.07) is 0. The van der Waals surface area contributed by atoms with E-state index in [1.807, 2.05) is 0 Å². The molecule has 2 atom stereocenters. The topological polar surface area (TPSA) is 15.3 Å². The Morgan fingerprint density at radius 1 is 1.15 bits per heavy atom. The van der Waals surface area contributed by atoms with Crippen LogP contribution in [0, 0.1) is 11.8 Å². The number of piperidine rings is 1. The molecule has 1 N–H and O–H groups in total. The molecule has 0 amide bonds. The van der Waals surface area contributed by atoms with Gasteiger partial charge in [0.25, 0.3) is 0 Å². The highest BCUT2D eigenvalue weighted by atomic mass is 15.1. The molecule has 2 fully saturated rings. The second kappa shape index (κ2) is 4.43. The van der Waals surface area contributed by atoms with E-state index in [0.29, 0.717) is 0 Å². The summed E-state index contributed by atoms with van der Waals surface area (Å²) >= 11 is 0. The summed E-state index contributed by atoms with van der Waals surface area (Å²) in [6.45, 7) is 8.91. The second-order valence-electron chi connectivity index (χ2n) is 4.76. The summed E-state index contributed by atoms with van der Waals surface area (Å²) in [4.78, 5) is 2.66. The van der Waals surface area contributed by atoms with Crippen LogP contribution in [0.2, 0.25) is 0 Å². The lowest BCUT2D eigenvalue weighted by Crippen LogP contribution is -2.36. The van der Waals surface area contributed by atoms with Crippen molar-refractivity contribution < 1.29 is 0 Å². The van der Waals surface area contributed by atoms with E-state index < -0.39 is 0 Å². The molecule has 0 bridgehead atoms. The van der Waals surface area contributed by atoms with Gasteiger partial charge in [0.05, 0.1) is 0 Å². The Morgan fingerprint density at radius 2 is 1.92 bits per heavy atom. The minimum Gasteiger partial charge on any atom is -0.316 e. The van der Waals surface area contributed by atoms with Crippen molar-refractivity contribution in [2.75, 3.05) is 32.7 Å². The molecule has 2 aliphatic heterocycles. The first-order valence-corrected chi connectivity index (χ1v) is 5.79. The molecule has 13 heavy (non-hydrogen) atoms. The number of nitrogens with one attached hydrogen (secondary N) is 1. The first-order chi connectivity index (χ1) is 6.36. The standard InChI is InChI=1S/C11H22N2/c1-10-7-12-8-11(10)9-13-5-3-2-4-6-13/h10-12H,2-9H2,1H3. The van der Waals surface area contributed by atoms with E-state index in [1.54, 1.807) is 0 Å². The van der Waals surface area contributed by atoms with Crippen LogP contribution in [0.1, 0.15) is 26.2 Å². The van der Waals surface area contributed by atoms with Crippen molar-refractivity contribution in [2.45, 2.75) is 26.2 Å². The zero-order valence-electron chi connectivity index (χ0n) is 8.76. The number of rotatable bonds is 2. The molecule has 2 heterocycles. The SMILES string of the molecule is CC1CNCC1CN1CCCCC1. The highest BCUT2D eigenvalue weighted by molar-refractivity contribution is 4.81. The third-order valence-electron chi connectivity index (χ3n) is 3.62. The first kappa shape index (κ1) is 9.47. The zero-order chi connectivity index (χ0) is 9.10. The lowest BCUT2D eigenvalue weighted by molar-refractivity contribution is 0.186. The van der Waals surface area contributed by atoms with Crippen molar-refractivity contribution in [3.05, 3.63) is 0 Å². The fourth-order valence-corrected chi connectivity index (χ4v) is 2.58. The van der Waals surface area contributed by atoms with Gasteiger partial charge in [0.15, 0.2) is 0 Å². The van der Waals surface area contributed by atoms with Gasteiger partial charge in [0.1, 0.15) is 0 Å². The summed E-state index contributed by atoms with van der Waals surface area (Å²) in [5.74, 6) is 1.81. The number of nitrogens with zero attached hydrogens (tertiary/aromatic N) is 1. The molecule has 0 saturated carbocycles. The van der Waals surface area contributed by atoms with E-state index in [2.05, 4.69) is 17.1 Å². The summed E-state index contributed by atoms with van der Waals surface area (Å²) in [5.41, 5.74) is 0. The van der Waals surface area contributed by atoms with Gasteiger partial charge in [-0.3, -0.25) is 0 Å². The molecule has 2 saturated heterocycles. The van der Waals surface area contributed by atoms with E-state index >= 15 is 0 Å². The van der Waals surface area contributed by atoms with Gasteiger partial charge in [0, 0.05) is 6.54 Å². The van der Waals surface area contributed by atoms with Crippen molar-refractivity contribution in [1.29, 1.82) is 0 Å². The average Bonchev–Trinajstić information content (AvgIpc) is 2.54. The third-order valence-corrected chi connectivity index (χ3v) is 3.62. The maximum atomic E-state index is 3.49. The smallest absolute Gasteiger partial charge is 0.00248 e. The third kappa shape index (κ3) is 2.44. The van der Waals surface area contributed by atoms with Crippen LogP contribution >= 0.6 is 0 Å². The van der Waals surface area contributed by atoms with Crippen LogP contribution in [0.25, 0.3) is 0 Å². The Balaban J connectivity index is 1.75. The quantitative estimate of drug-likeness (QED) is 0.693. The maximum absolute atomic E-state index is 3.49. The normalized spacial score (nSPS) is 36.7. The van der Waals surface area contributed by atoms with E-state index in [9.17, 15) is 0 Å². The van der Waals surface area contributed by atoms with Gasteiger partial charge >= 0.3 is 0 Å². The van der Waals surface area contributed by atoms with Crippen LogP contribution in [0.4, 0.5) is 0 Å². The monoisotopic (exact) mass is 182 g/mol. The molecular weight excluding hydrogens is 160 g/mol. The summed E-state index contributed by atoms with van der Waals surface area (Å²) in [5, 5.41) is 3.49. The molecule has 0 aliphatic carbocycles. The molecule has 76 valence electrons. The van der Waals surface area contributed by atoms with Crippen molar-refractivity contribution in [1.82, 2.24) is 10.2 Å². The number of hydrogen-bond donors (Lipinski definition) is 1. The Labute approximate surface area is 81.7 Å². The van der Waals surface area contributed by atoms with Gasteiger partial charge < -0.3 is 10.2 Å². The Hall–Kier alpha value is -0.0800. The lowest BCUT2D eigenvalue weighted by atomic mass is 9.96. The molecule has 0 aromatic rings. The van der Waals surface area contributed by atoms with Crippen molar-refractivity contribution >= 4 is 0 Å². The Bertz CT molecular complexity index is 152. The van der Waals surface area contributed by atoms with E-state index in [4.69, 9.17) is 0 Å². The van der Waals surface area contributed by atoms with Gasteiger partial charge in [-0.15, -0.1) is 0 Å². The minimum absolute atomic E-state index is 0.891. The summed E-state index contributed by atoms with van der Waals surface area (Å²) in [6.07, 6.45) is 4.30. The molecule has 2 unspecified atom stereocenters. The van der Waals surface area contributed by atoms with E-state index in [-0.39, 0.29) is 0 Å². The first-order valence-electron chi connectivity index (χ1n) is 5.79. The fourth-order valence-electron chi connectivity index (χ4n) is 2.58.